The number of hydrogen-bond donors (Lipinski definition) is 5. The molecule has 0 saturated heterocycles. The Balaban J connectivity index is 0.000000275. The number of hydrogen-bond acceptors (Lipinski definition) is 9. The number of carboxylic acid groups (broad SMARTS) is 1. The van der Waals surface area contributed by atoms with E-state index in [1.807, 2.05) is 63.2 Å². The van der Waals surface area contributed by atoms with E-state index in [0.717, 1.165) is 34.6 Å². The normalized spacial score (nSPS) is 10.2. The number of nitrogens with two attached hydrogens (primary N) is 1. The van der Waals surface area contributed by atoms with Crippen LogP contribution in [0.3, 0.4) is 0 Å². The van der Waals surface area contributed by atoms with E-state index in [4.69, 9.17) is 28.5 Å². The van der Waals surface area contributed by atoms with Gasteiger partial charge in [0, 0.05) is 25.7 Å². The van der Waals surface area contributed by atoms with E-state index < -0.39 is 5.97 Å². The Kier molecular flexibility index (Phi) is 16.8. The van der Waals surface area contributed by atoms with Gasteiger partial charge in [0.05, 0.1) is 32.4 Å². The fraction of sp³-hybridized carbons (Fsp3) is 0.394. The molecule has 0 aliphatic rings. The summed E-state index contributed by atoms with van der Waals surface area (Å²) in [4.78, 5) is 44.8. The number of aliphatic carboxylic acids is 1. The van der Waals surface area contributed by atoms with Gasteiger partial charge >= 0.3 is 5.97 Å². The summed E-state index contributed by atoms with van der Waals surface area (Å²) in [6.07, 6.45) is 3.35. The molecule has 0 spiro atoms. The summed E-state index contributed by atoms with van der Waals surface area (Å²) >= 11 is 0. The van der Waals surface area contributed by atoms with Gasteiger partial charge in [0.25, 0.3) is 0 Å². The van der Waals surface area contributed by atoms with Crippen LogP contribution in [0.2, 0.25) is 0 Å². The Morgan fingerprint density at radius 1 is 0.609 bits per heavy atom. The average Bonchev–Trinajstić information content (AvgIpc) is 3.84. The molecule has 6 N–H and O–H groups in total. The molecule has 3 amide bonds. The van der Waals surface area contributed by atoms with Gasteiger partial charge in [-0.15, -0.1) is 0 Å². The van der Waals surface area contributed by atoms with Crippen LogP contribution in [0, 0.1) is 20.8 Å². The smallest absolute Gasteiger partial charge is 0.303 e. The molecule has 4 aromatic heterocycles. The van der Waals surface area contributed by atoms with Crippen molar-refractivity contribution in [3.05, 3.63) is 95.1 Å². The highest BCUT2D eigenvalue weighted by Gasteiger charge is 2.08. The molecular formula is C33H44N4O9. The summed E-state index contributed by atoms with van der Waals surface area (Å²) in [7, 11) is 0. The maximum Gasteiger partial charge on any atom is 0.303 e. The van der Waals surface area contributed by atoms with E-state index in [9.17, 15) is 19.2 Å². The Morgan fingerprint density at radius 2 is 1.00 bits per heavy atom. The Hall–Kier alpha value is -5.04. The topological polar surface area (TPSA) is 203 Å². The fourth-order valence-corrected chi connectivity index (χ4v) is 3.80. The van der Waals surface area contributed by atoms with Crippen molar-refractivity contribution in [2.24, 2.45) is 5.73 Å². The van der Waals surface area contributed by atoms with Gasteiger partial charge in [0.15, 0.2) is 0 Å². The minimum atomic E-state index is -0.880. The first-order valence-electron chi connectivity index (χ1n) is 14.9. The van der Waals surface area contributed by atoms with Crippen molar-refractivity contribution in [2.75, 3.05) is 0 Å². The SMILES string of the molecule is Cc1ccc(CNC(=O)CCCC(=O)NCc2ccc(C)o2)o1.Cc1ccc(CNC(=O)CCCC(=O)O)o1.NCc1ccco1. The van der Waals surface area contributed by atoms with Crippen molar-refractivity contribution in [2.45, 2.75) is 85.5 Å². The molecule has 4 heterocycles. The second-order valence-electron chi connectivity index (χ2n) is 10.3. The zero-order valence-electron chi connectivity index (χ0n) is 26.6. The summed E-state index contributed by atoms with van der Waals surface area (Å²) < 4.78 is 20.9. The van der Waals surface area contributed by atoms with Crippen molar-refractivity contribution in [3.8, 4) is 0 Å². The lowest BCUT2D eigenvalue weighted by Crippen LogP contribution is -2.24. The summed E-state index contributed by atoms with van der Waals surface area (Å²) in [6, 6.07) is 14.7. The number of carboxylic acids is 1. The molecule has 0 atom stereocenters. The third-order valence-electron chi connectivity index (χ3n) is 6.15. The largest absolute Gasteiger partial charge is 0.481 e. The molecule has 13 nitrogen and oxygen atoms in total. The lowest BCUT2D eigenvalue weighted by molar-refractivity contribution is -0.137. The molecule has 4 rings (SSSR count). The fourth-order valence-electron chi connectivity index (χ4n) is 3.80. The van der Waals surface area contributed by atoms with Gasteiger partial charge in [-0.05, 0) is 82.1 Å². The van der Waals surface area contributed by atoms with Crippen molar-refractivity contribution in [1.82, 2.24) is 16.0 Å². The number of furan rings is 4. The first-order chi connectivity index (χ1) is 22.0. The maximum absolute atomic E-state index is 11.7. The lowest BCUT2D eigenvalue weighted by atomic mass is 10.2. The Labute approximate surface area is 267 Å². The Bertz CT molecular complexity index is 1410. The van der Waals surface area contributed by atoms with Gasteiger partial charge in [-0.25, -0.2) is 0 Å². The van der Waals surface area contributed by atoms with Gasteiger partial charge in [-0.1, -0.05) is 0 Å². The van der Waals surface area contributed by atoms with Crippen molar-refractivity contribution in [1.29, 1.82) is 0 Å². The van der Waals surface area contributed by atoms with E-state index in [1.165, 1.54) is 0 Å². The molecule has 0 bridgehead atoms. The average molecular weight is 641 g/mol. The monoisotopic (exact) mass is 640 g/mol. The van der Waals surface area contributed by atoms with Crippen molar-refractivity contribution in [3.63, 3.8) is 0 Å². The summed E-state index contributed by atoms with van der Waals surface area (Å²) in [5, 5.41) is 16.6. The van der Waals surface area contributed by atoms with Crippen LogP contribution in [-0.4, -0.2) is 28.8 Å². The predicted octanol–water partition coefficient (Wildman–Crippen LogP) is 4.79. The van der Waals surface area contributed by atoms with E-state index in [2.05, 4.69) is 16.0 Å². The van der Waals surface area contributed by atoms with Gasteiger partial charge in [0.1, 0.15) is 40.3 Å². The van der Waals surface area contributed by atoms with E-state index in [-0.39, 0.29) is 30.6 Å². The van der Waals surface area contributed by atoms with Gasteiger partial charge < -0.3 is 44.5 Å². The van der Waals surface area contributed by atoms with Crippen LogP contribution in [0.1, 0.15) is 78.8 Å². The molecule has 0 unspecified atom stereocenters. The highest BCUT2D eigenvalue weighted by atomic mass is 16.4. The number of aryl methyl sites for hydroxylation is 3. The van der Waals surface area contributed by atoms with E-state index in [0.29, 0.717) is 57.6 Å². The second-order valence-corrected chi connectivity index (χ2v) is 10.3. The molecule has 0 fully saturated rings. The first-order valence-corrected chi connectivity index (χ1v) is 14.9. The highest BCUT2D eigenvalue weighted by molar-refractivity contribution is 5.78. The van der Waals surface area contributed by atoms with E-state index in [1.54, 1.807) is 12.3 Å². The van der Waals surface area contributed by atoms with Crippen LogP contribution in [0.4, 0.5) is 0 Å². The number of nitrogens with one attached hydrogen (secondary N) is 3. The molecule has 0 saturated carbocycles. The molecule has 0 aromatic carbocycles. The van der Waals surface area contributed by atoms with Crippen LogP contribution in [0.5, 0.6) is 0 Å². The Morgan fingerprint density at radius 3 is 1.26 bits per heavy atom. The van der Waals surface area contributed by atoms with Crippen LogP contribution in [-0.2, 0) is 45.4 Å². The molecule has 0 aliphatic carbocycles. The molecule has 0 radical (unpaired) electrons. The van der Waals surface area contributed by atoms with Crippen LogP contribution >= 0.6 is 0 Å². The number of amides is 3. The van der Waals surface area contributed by atoms with Crippen molar-refractivity contribution < 1.29 is 42.0 Å². The van der Waals surface area contributed by atoms with E-state index >= 15 is 0 Å². The minimum Gasteiger partial charge on any atom is -0.481 e. The van der Waals surface area contributed by atoms with Crippen molar-refractivity contribution >= 4 is 23.7 Å². The predicted molar refractivity (Wildman–Crippen MR) is 168 cm³/mol. The molecule has 250 valence electrons. The first kappa shape index (κ1) is 37.1. The third kappa shape index (κ3) is 16.7. The van der Waals surface area contributed by atoms with Gasteiger partial charge in [-0.3, -0.25) is 19.2 Å². The minimum absolute atomic E-state index is 0.0211. The molecule has 46 heavy (non-hydrogen) atoms. The number of carbonyl (C=O) groups excluding carboxylic acids is 3. The molecular weight excluding hydrogens is 596 g/mol. The quantitative estimate of drug-likeness (QED) is 0.120. The summed E-state index contributed by atoms with van der Waals surface area (Å²) in [6.45, 7) is 7.13. The van der Waals surface area contributed by atoms with Gasteiger partial charge in [0.2, 0.25) is 17.7 Å². The zero-order chi connectivity index (χ0) is 33.7. The van der Waals surface area contributed by atoms with Crippen LogP contribution in [0.25, 0.3) is 0 Å². The second kappa shape index (κ2) is 20.8. The van der Waals surface area contributed by atoms with Gasteiger partial charge in [-0.2, -0.15) is 0 Å². The third-order valence-corrected chi connectivity index (χ3v) is 6.15. The standard InChI is InChI=1S/C17H22N2O4.C11H15NO4.C5H7NO/c1-12-6-8-14(22-12)10-18-16(20)4-3-5-17(21)19-11-15-9-7-13(2)23-15;1-8-5-6-9(16-8)7-12-10(13)3-2-4-11(14)15;6-4-5-2-1-3-7-5/h6-9H,3-5,10-11H2,1-2H3,(H,18,20)(H,19,21);5-6H,2-4,7H2,1H3,(H,12,13)(H,14,15);1-3H,4,6H2. The molecule has 13 heteroatoms. The number of carbonyl (C=O) groups is 4. The highest BCUT2D eigenvalue weighted by Crippen LogP contribution is 2.08. The molecule has 0 aliphatic heterocycles. The lowest BCUT2D eigenvalue weighted by Gasteiger charge is -2.04. The maximum atomic E-state index is 11.7. The summed E-state index contributed by atoms with van der Waals surface area (Å²) in [5.41, 5.74) is 5.20. The van der Waals surface area contributed by atoms with Crippen LogP contribution < -0.4 is 21.7 Å². The zero-order valence-corrected chi connectivity index (χ0v) is 26.6. The number of rotatable bonds is 15. The van der Waals surface area contributed by atoms with Crippen LogP contribution in [0.15, 0.2) is 72.5 Å². The molecule has 4 aromatic rings. The summed E-state index contributed by atoms with van der Waals surface area (Å²) in [5.74, 6) is 4.20.